The molecule has 0 saturated carbocycles. The maximum atomic E-state index is 12.7. The van der Waals surface area contributed by atoms with Crippen LogP contribution in [0.25, 0.3) is 0 Å². The number of carbonyl (C=O) groups is 2. The summed E-state index contributed by atoms with van der Waals surface area (Å²) in [5, 5.41) is 0. The van der Waals surface area contributed by atoms with Crippen LogP contribution in [0.15, 0.2) is 53.4 Å². The Morgan fingerprint density at radius 3 is 2.55 bits per heavy atom. The van der Waals surface area contributed by atoms with Gasteiger partial charge in [-0.3, -0.25) is 9.59 Å². The minimum Gasteiger partial charge on any atom is -0.369 e. The predicted molar refractivity (Wildman–Crippen MR) is 90.3 cm³/mol. The average molecular weight is 314 g/mol. The van der Waals surface area contributed by atoms with Crippen LogP contribution >= 0.6 is 11.8 Å². The van der Waals surface area contributed by atoms with Gasteiger partial charge in [0, 0.05) is 17.6 Å². The van der Waals surface area contributed by atoms with E-state index < -0.39 is 5.91 Å². The molecule has 0 heterocycles. The van der Waals surface area contributed by atoms with Crippen LogP contribution in [0.1, 0.15) is 15.9 Å². The smallest absolute Gasteiger partial charge is 0.259 e. The first kappa shape index (κ1) is 16.1. The van der Waals surface area contributed by atoms with Crippen molar-refractivity contribution in [3.63, 3.8) is 0 Å². The van der Waals surface area contributed by atoms with Gasteiger partial charge in [0.2, 0.25) is 5.91 Å². The molecule has 2 rings (SSSR count). The van der Waals surface area contributed by atoms with Crippen molar-refractivity contribution in [2.24, 2.45) is 5.73 Å². The molecule has 2 amide bonds. The largest absolute Gasteiger partial charge is 0.369 e. The van der Waals surface area contributed by atoms with Gasteiger partial charge >= 0.3 is 0 Å². The van der Waals surface area contributed by atoms with Crippen molar-refractivity contribution < 1.29 is 9.59 Å². The molecule has 5 heteroatoms. The molecule has 114 valence electrons. The molecular formula is C17H18N2O2S. The molecule has 2 aromatic carbocycles. The quantitative estimate of drug-likeness (QED) is 0.863. The second-order valence-corrected chi connectivity index (χ2v) is 5.97. The first-order valence-corrected chi connectivity index (χ1v) is 7.82. The summed E-state index contributed by atoms with van der Waals surface area (Å²) in [6.07, 6.45) is 0. The highest BCUT2D eigenvalue weighted by Gasteiger charge is 2.17. The fraction of sp³-hybridized carbons (Fsp3) is 0.176. The van der Waals surface area contributed by atoms with Crippen molar-refractivity contribution in [3.05, 3.63) is 59.7 Å². The second-order valence-electron chi connectivity index (χ2n) is 4.95. The number of thioether (sulfide) groups is 1. The van der Waals surface area contributed by atoms with Crippen LogP contribution in [0.4, 0.5) is 5.69 Å². The lowest BCUT2D eigenvalue weighted by Gasteiger charge is -2.19. The number of anilines is 1. The maximum Gasteiger partial charge on any atom is 0.259 e. The molecule has 22 heavy (non-hydrogen) atoms. The normalized spacial score (nSPS) is 10.3. The number of primary amides is 1. The minimum atomic E-state index is -0.403. The van der Waals surface area contributed by atoms with Gasteiger partial charge in [0.15, 0.2) is 0 Å². The van der Waals surface area contributed by atoms with Gasteiger partial charge in [-0.05, 0) is 36.8 Å². The molecule has 4 nitrogen and oxygen atoms in total. The van der Waals surface area contributed by atoms with Gasteiger partial charge < -0.3 is 10.6 Å². The number of amides is 2. The Morgan fingerprint density at radius 2 is 1.86 bits per heavy atom. The standard InChI is InChI=1S/C17H18N2O2S/c1-12-6-5-7-13(10-12)19(2)17(21)14-8-3-4-9-15(14)22-11-16(18)20/h3-10H,11H2,1-2H3,(H2,18,20). The van der Waals surface area contributed by atoms with Gasteiger partial charge in [0.05, 0.1) is 11.3 Å². The van der Waals surface area contributed by atoms with Gasteiger partial charge in [0.25, 0.3) is 5.91 Å². The number of hydrogen-bond acceptors (Lipinski definition) is 3. The number of aryl methyl sites for hydroxylation is 1. The van der Waals surface area contributed by atoms with E-state index >= 15 is 0 Å². The fourth-order valence-corrected chi connectivity index (χ4v) is 2.84. The average Bonchev–Trinajstić information content (AvgIpc) is 2.51. The summed E-state index contributed by atoms with van der Waals surface area (Å²) in [5.74, 6) is -0.365. The fourth-order valence-electron chi connectivity index (χ4n) is 2.05. The Kier molecular flexibility index (Phi) is 5.22. The highest BCUT2D eigenvalue weighted by molar-refractivity contribution is 8.00. The van der Waals surface area contributed by atoms with Gasteiger partial charge in [-0.2, -0.15) is 0 Å². The maximum absolute atomic E-state index is 12.7. The monoisotopic (exact) mass is 314 g/mol. The number of benzene rings is 2. The van der Waals surface area contributed by atoms with E-state index in [0.29, 0.717) is 5.56 Å². The molecule has 0 saturated heterocycles. The van der Waals surface area contributed by atoms with E-state index in [1.54, 1.807) is 18.0 Å². The van der Waals surface area contributed by atoms with Crippen LogP contribution in [0, 0.1) is 6.92 Å². The van der Waals surface area contributed by atoms with Crippen molar-refractivity contribution in [1.82, 2.24) is 0 Å². The zero-order chi connectivity index (χ0) is 16.1. The number of hydrogen-bond donors (Lipinski definition) is 1. The third-order valence-electron chi connectivity index (χ3n) is 3.18. The molecule has 0 aliphatic carbocycles. The number of carbonyl (C=O) groups excluding carboxylic acids is 2. The summed E-state index contributed by atoms with van der Waals surface area (Å²) in [7, 11) is 1.74. The molecule has 0 unspecified atom stereocenters. The van der Waals surface area contributed by atoms with Gasteiger partial charge in [-0.1, -0.05) is 24.3 Å². The lowest BCUT2D eigenvalue weighted by molar-refractivity contribution is -0.115. The van der Waals surface area contributed by atoms with E-state index in [1.165, 1.54) is 11.8 Å². The molecule has 0 aliphatic heterocycles. The highest BCUT2D eigenvalue weighted by atomic mass is 32.2. The molecular weight excluding hydrogens is 296 g/mol. The number of nitrogens with two attached hydrogens (primary N) is 1. The Morgan fingerprint density at radius 1 is 1.14 bits per heavy atom. The number of rotatable bonds is 5. The van der Waals surface area contributed by atoms with Gasteiger partial charge in [-0.25, -0.2) is 0 Å². The van der Waals surface area contributed by atoms with E-state index in [1.807, 2.05) is 49.4 Å². The molecule has 0 bridgehead atoms. The lowest BCUT2D eigenvalue weighted by Crippen LogP contribution is -2.26. The summed E-state index contributed by atoms with van der Waals surface area (Å²) in [5.41, 5.74) is 7.67. The van der Waals surface area contributed by atoms with Crippen molar-refractivity contribution >= 4 is 29.3 Å². The van der Waals surface area contributed by atoms with Crippen molar-refractivity contribution in [1.29, 1.82) is 0 Å². The molecule has 0 atom stereocenters. The molecule has 2 aromatic rings. The molecule has 0 aliphatic rings. The predicted octanol–water partition coefficient (Wildman–Crippen LogP) is 2.85. The first-order valence-electron chi connectivity index (χ1n) is 6.84. The van der Waals surface area contributed by atoms with Crippen LogP contribution in [-0.2, 0) is 4.79 Å². The van der Waals surface area contributed by atoms with Crippen LogP contribution < -0.4 is 10.6 Å². The summed E-state index contributed by atoms with van der Waals surface area (Å²) in [6, 6.07) is 15.0. The van der Waals surface area contributed by atoms with Crippen molar-refractivity contribution in [2.45, 2.75) is 11.8 Å². The van der Waals surface area contributed by atoms with Gasteiger partial charge in [0.1, 0.15) is 0 Å². The minimum absolute atomic E-state index is 0.113. The van der Waals surface area contributed by atoms with Crippen LogP contribution in [-0.4, -0.2) is 24.6 Å². The molecule has 0 radical (unpaired) electrons. The van der Waals surface area contributed by atoms with E-state index in [-0.39, 0.29) is 11.7 Å². The van der Waals surface area contributed by atoms with E-state index in [4.69, 9.17) is 5.73 Å². The number of nitrogens with zero attached hydrogens (tertiary/aromatic N) is 1. The van der Waals surface area contributed by atoms with E-state index in [2.05, 4.69) is 0 Å². The van der Waals surface area contributed by atoms with E-state index in [0.717, 1.165) is 16.1 Å². The Hall–Kier alpha value is -2.27. The summed E-state index contributed by atoms with van der Waals surface area (Å²) in [4.78, 5) is 26.0. The first-order chi connectivity index (χ1) is 10.5. The van der Waals surface area contributed by atoms with Crippen LogP contribution in [0.2, 0.25) is 0 Å². The van der Waals surface area contributed by atoms with Crippen molar-refractivity contribution in [3.8, 4) is 0 Å². The Labute approximate surface area is 134 Å². The zero-order valence-electron chi connectivity index (χ0n) is 12.6. The zero-order valence-corrected chi connectivity index (χ0v) is 13.4. The Bertz CT molecular complexity index is 701. The Balaban J connectivity index is 2.27. The summed E-state index contributed by atoms with van der Waals surface area (Å²) < 4.78 is 0. The molecule has 0 fully saturated rings. The summed E-state index contributed by atoms with van der Waals surface area (Å²) >= 11 is 1.28. The van der Waals surface area contributed by atoms with Crippen molar-refractivity contribution in [2.75, 3.05) is 17.7 Å². The van der Waals surface area contributed by atoms with Crippen LogP contribution in [0.3, 0.4) is 0 Å². The molecule has 2 N–H and O–H groups in total. The SMILES string of the molecule is Cc1cccc(N(C)C(=O)c2ccccc2SCC(N)=O)c1. The van der Waals surface area contributed by atoms with Gasteiger partial charge in [-0.15, -0.1) is 11.8 Å². The summed E-state index contributed by atoms with van der Waals surface area (Å²) in [6.45, 7) is 1.98. The highest BCUT2D eigenvalue weighted by Crippen LogP contribution is 2.25. The molecule has 0 spiro atoms. The third-order valence-corrected chi connectivity index (χ3v) is 4.28. The van der Waals surface area contributed by atoms with Crippen LogP contribution in [0.5, 0.6) is 0 Å². The topological polar surface area (TPSA) is 63.4 Å². The molecule has 0 aromatic heterocycles. The second kappa shape index (κ2) is 7.13. The third kappa shape index (κ3) is 3.89. The lowest BCUT2D eigenvalue weighted by atomic mass is 10.1. The van der Waals surface area contributed by atoms with E-state index in [9.17, 15) is 9.59 Å².